The number of aromatic nitrogens is 1. The van der Waals surface area contributed by atoms with E-state index in [1.807, 2.05) is 48.5 Å². The van der Waals surface area contributed by atoms with Gasteiger partial charge in [0, 0.05) is 11.8 Å². The molecule has 0 bridgehead atoms. The number of nitriles is 1. The molecule has 8 heteroatoms. The molecule has 35 heavy (non-hydrogen) atoms. The number of halogens is 3. The number of carbonyl (C=O) groups excluding carboxylic acids is 1. The molecule has 0 aliphatic heterocycles. The van der Waals surface area contributed by atoms with Gasteiger partial charge < -0.3 is 5.73 Å². The molecule has 2 aromatic carbocycles. The van der Waals surface area contributed by atoms with Gasteiger partial charge in [-0.1, -0.05) is 56.3 Å². The van der Waals surface area contributed by atoms with Crippen molar-refractivity contribution >= 4 is 16.7 Å². The second-order valence-electron chi connectivity index (χ2n) is 9.58. The van der Waals surface area contributed by atoms with E-state index in [9.17, 15) is 23.2 Å². The van der Waals surface area contributed by atoms with Gasteiger partial charge in [-0.05, 0) is 53.6 Å². The third kappa shape index (κ3) is 5.01. The molecular formula is C27H27F3N4O. The number of amides is 1. The number of hydrogen-bond donors (Lipinski definition) is 1. The molecule has 3 aromatic rings. The fourth-order valence-corrected chi connectivity index (χ4v) is 4.66. The Morgan fingerprint density at radius 3 is 2.29 bits per heavy atom. The first-order valence-electron chi connectivity index (χ1n) is 11.6. The normalized spacial score (nSPS) is 16.7. The molecule has 182 valence electrons. The maximum absolute atomic E-state index is 14.6. The number of primary amides is 1. The van der Waals surface area contributed by atoms with E-state index in [2.05, 4.69) is 4.98 Å². The van der Waals surface area contributed by atoms with E-state index in [1.54, 1.807) is 19.9 Å². The summed E-state index contributed by atoms with van der Waals surface area (Å²) in [6.07, 6.45) is -2.76. The molecular weight excluding hydrogens is 453 g/mol. The molecule has 0 radical (unpaired) electrons. The Morgan fingerprint density at radius 1 is 1.11 bits per heavy atom. The first-order chi connectivity index (χ1) is 16.6. The van der Waals surface area contributed by atoms with E-state index >= 15 is 0 Å². The molecule has 0 unspecified atom stereocenters. The van der Waals surface area contributed by atoms with Crippen LogP contribution in [0.1, 0.15) is 44.8 Å². The van der Waals surface area contributed by atoms with Gasteiger partial charge in [-0.25, -0.2) is 0 Å². The maximum atomic E-state index is 14.6. The Balaban J connectivity index is 1.76. The van der Waals surface area contributed by atoms with Crippen molar-refractivity contribution in [3.05, 3.63) is 66.5 Å². The van der Waals surface area contributed by atoms with E-state index in [0.717, 1.165) is 21.2 Å². The van der Waals surface area contributed by atoms with Gasteiger partial charge in [-0.2, -0.15) is 18.4 Å². The van der Waals surface area contributed by atoms with Crippen molar-refractivity contribution in [1.29, 1.82) is 5.26 Å². The zero-order valence-electron chi connectivity index (χ0n) is 19.6. The number of alkyl halides is 3. The van der Waals surface area contributed by atoms with Crippen molar-refractivity contribution < 1.29 is 18.0 Å². The summed E-state index contributed by atoms with van der Waals surface area (Å²) < 4.78 is 43.7. The van der Waals surface area contributed by atoms with Crippen molar-refractivity contribution in [1.82, 2.24) is 9.88 Å². The summed E-state index contributed by atoms with van der Waals surface area (Å²) in [5.41, 5.74) is 5.43. The van der Waals surface area contributed by atoms with Gasteiger partial charge in [0.15, 0.2) is 6.04 Å². The van der Waals surface area contributed by atoms with E-state index in [1.165, 1.54) is 12.3 Å². The lowest BCUT2D eigenvalue weighted by atomic mass is 9.95. The summed E-state index contributed by atoms with van der Waals surface area (Å²) in [7, 11) is 0. The van der Waals surface area contributed by atoms with E-state index in [-0.39, 0.29) is 30.9 Å². The molecule has 4 rings (SSSR count). The molecule has 0 saturated heterocycles. The predicted molar refractivity (Wildman–Crippen MR) is 128 cm³/mol. The average Bonchev–Trinajstić information content (AvgIpc) is 3.61. The molecule has 0 spiro atoms. The monoisotopic (exact) mass is 480 g/mol. The lowest BCUT2D eigenvalue weighted by molar-refractivity contribution is -0.201. The van der Waals surface area contributed by atoms with Crippen molar-refractivity contribution in [3.8, 4) is 17.2 Å². The zero-order chi connectivity index (χ0) is 25.4. The number of pyridine rings is 1. The maximum Gasteiger partial charge on any atom is 0.409 e. The van der Waals surface area contributed by atoms with Crippen LogP contribution in [0.4, 0.5) is 13.2 Å². The number of rotatable bonds is 8. The summed E-state index contributed by atoms with van der Waals surface area (Å²) in [6, 6.07) is 15.1. The first kappa shape index (κ1) is 24.7. The minimum absolute atomic E-state index is 0.0957. The standard InChI is InChI=1S/C27H27F3N4O/c1-17(2)13-23(25(32)35)34(26(16-31)11-12-26)24(27(28,29)30)22-10-9-21(15-33-22)20-8-7-18-5-3-4-6-19(18)14-20/h3-10,14-15,17,23-24H,11-13H2,1-2H3,(H2,32,35)/t23-,24-/m0/s1. The quantitative estimate of drug-likeness (QED) is 0.444. The lowest BCUT2D eigenvalue weighted by Gasteiger charge is -2.40. The third-order valence-corrected chi connectivity index (χ3v) is 6.52. The van der Waals surface area contributed by atoms with Gasteiger partial charge in [-0.15, -0.1) is 0 Å². The highest BCUT2D eigenvalue weighted by Crippen LogP contribution is 2.51. The minimum Gasteiger partial charge on any atom is -0.368 e. The van der Waals surface area contributed by atoms with Crippen LogP contribution in [-0.2, 0) is 4.79 Å². The summed E-state index contributed by atoms with van der Waals surface area (Å²) >= 11 is 0. The zero-order valence-corrected chi connectivity index (χ0v) is 19.6. The predicted octanol–water partition coefficient (Wildman–Crippen LogP) is 5.76. The van der Waals surface area contributed by atoms with E-state index < -0.39 is 29.7 Å². The third-order valence-electron chi connectivity index (χ3n) is 6.52. The molecule has 5 nitrogen and oxygen atoms in total. The highest BCUT2D eigenvalue weighted by atomic mass is 19.4. The van der Waals surface area contributed by atoms with Crippen LogP contribution in [0.15, 0.2) is 60.8 Å². The van der Waals surface area contributed by atoms with Crippen molar-refractivity contribution in [3.63, 3.8) is 0 Å². The fraction of sp³-hybridized carbons (Fsp3) is 0.370. The highest BCUT2D eigenvalue weighted by Gasteiger charge is 2.61. The van der Waals surface area contributed by atoms with Crippen LogP contribution in [-0.4, -0.2) is 33.5 Å². The molecule has 2 N–H and O–H groups in total. The van der Waals surface area contributed by atoms with Gasteiger partial charge >= 0.3 is 6.18 Å². The number of benzene rings is 2. The van der Waals surface area contributed by atoms with E-state index in [0.29, 0.717) is 5.56 Å². The van der Waals surface area contributed by atoms with Crippen LogP contribution in [0.25, 0.3) is 21.9 Å². The van der Waals surface area contributed by atoms with Crippen molar-refractivity contribution in [2.45, 2.75) is 56.9 Å². The number of nitrogens with zero attached hydrogens (tertiary/aromatic N) is 3. The number of carbonyl (C=O) groups is 1. The molecule has 2 atom stereocenters. The number of nitrogens with two attached hydrogens (primary N) is 1. The summed E-state index contributed by atoms with van der Waals surface area (Å²) in [5.74, 6) is -0.969. The number of hydrogen-bond acceptors (Lipinski definition) is 4. The van der Waals surface area contributed by atoms with Crippen LogP contribution in [0, 0.1) is 17.2 Å². The smallest absolute Gasteiger partial charge is 0.368 e. The second kappa shape index (κ2) is 9.31. The Morgan fingerprint density at radius 2 is 1.77 bits per heavy atom. The van der Waals surface area contributed by atoms with Crippen LogP contribution < -0.4 is 5.73 Å². The van der Waals surface area contributed by atoms with Crippen molar-refractivity contribution in [2.75, 3.05) is 0 Å². The molecule has 1 heterocycles. The van der Waals surface area contributed by atoms with Gasteiger partial charge in [0.05, 0.1) is 17.8 Å². The van der Waals surface area contributed by atoms with Crippen LogP contribution in [0.2, 0.25) is 0 Å². The van der Waals surface area contributed by atoms with Gasteiger partial charge in [0.1, 0.15) is 5.54 Å². The van der Waals surface area contributed by atoms with Gasteiger partial charge in [-0.3, -0.25) is 14.7 Å². The minimum atomic E-state index is -4.77. The van der Waals surface area contributed by atoms with Crippen LogP contribution >= 0.6 is 0 Å². The fourth-order valence-electron chi connectivity index (χ4n) is 4.66. The second-order valence-corrected chi connectivity index (χ2v) is 9.58. The topological polar surface area (TPSA) is 83.0 Å². The molecule has 1 amide bonds. The lowest BCUT2D eigenvalue weighted by Crippen LogP contribution is -2.56. The van der Waals surface area contributed by atoms with Gasteiger partial charge in [0.2, 0.25) is 5.91 Å². The van der Waals surface area contributed by atoms with Crippen LogP contribution in [0.5, 0.6) is 0 Å². The summed E-state index contributed by atoms with van der Waals surface area (Å²) in [4.78, 5) is 17.5. The SMILES string of the molecule is CC(C)C[C@@H](C(N)=O)N([C@@H](c1ccc(-c2ccc3ccccc3c2)cn1)C(F)(F)F)C1(C#N)CC1. The molecule has 1 saturated carbocycles. The summed E-state index contributed by atoms with van der Waals surface area (Å²) in [5, 5.41) is 11.9. The Bertz CT molecular complexity index is 1260. The average molecular weight is 481 g/mol. The van der Waals surface area contributed by atoms with E-state index in [4.69, 9.17) is 5.73 Å². The molecule has 1 aliphatic carbocycles. The molecule has 1 aliphatic rings. The Labute approximate surface area is 202 Å². The highest BCUT2D eigenvalue weighted by molar-refractivity contribution is 5.87. The molecule has 1 aromatic heterocycles. The first-order valence-corrected chi connectivity index (χ1v) is 11.6. The Hall–Kier alpha value is -3.44. The van der Waals surface area contributed by atoms with Gasteiger partial charge in [0.25, 0.3) is 0 Å². The Kier molecular flexibility index (Phi) is 6.56. The van der Waals surface area contributed by atoms with Crippen LogP contribution in [0.3, 0.4) is 0 Å². The summed E-state index contributed by atoms with van der Waals surface area (Å²) in [6.45, 7) is 3.61. The van der Waals surface area contributed by atoms with Crippen molar-refractivity contribution in [2.24, 2.45) is 11.7 Å². The largest absolute Gasteiger partial charge is 0.409 e. The molecule has 1 fully saturated rings. The number of fused-ring (bicyclic) bond motifs is 1.